The van der Waals surface area contributed by atoms with Crippen molar-refractivity contribution in [3.05, 3.63) is 23.3 Å². The van der Waals surface area contributed by atoms with Gasteiger partial charge in [0.05, 0.1) is 0 Å². The first-order chi connectivity index (χ1) is 6.91. The molecule has 0 aromatic heterocycles. The molecule has 2 N–H and O–H groups in total. The van der Waals surface area contributed by atoms with Crippen LogP contribution >= 0.6 is 0 Å². The fourth-order valence-electron chi connectivity index (χ4n) is 1.36. The van der Waals surface area contributed by atoms with Crippen LogP contribution in [-0.4, -0.2) is 16.0 Å². The van der Waals surface area contributed by atoms with Crippen LogP contribution < -0.4 is 0 Å². The lowest BCUT2D eigenvalue weighted by atomic mass is 9.96. The molecule has 82 valence electrons. The molecule has 0 radical (unpaired) electrons. The van der Waals surface area contributed by atoms with Gasteiger partial charge in [-0.25, -0.2) is 0 Å². The Morgan fingerprint density at radius 3 is 2.20 bits per heavy atom. The van der Waals surface area contributed by atoms with Crippen LogP contribution in [0.15, 0.2) is 12.1 Å². The van der Waals surface area contributed by atoms with Gasteiger partial charge in [-0.05, 0) is 38.0 Å². The average molecular weight is 208 g/mol. The highest BCUT2D eigenvalue weighted by Crippen LogP contribution is 2.28. The van der Waals surface area contributed by atoms with Gasteiger partial charge in [0.15, 0.2) is 0 Å². The number of hydrogen-bond donors (Lipinski definition) is 2. The number of carbonyl (C=O) groups excluding carboxylic acids is 1. The van der Waals surface area contributed by atoms with Gasteiger partial charge >= 0.3 is 0 Å². The SMILES string of the molecule is CC(=O)C(C)Cc1cc(O)c(C)c(O)c1. The molecule has 1 unspecified atom stereocenters. The lowest BCUT2D eigenvalue weighted by Crippen LogP contribution is -2.09. The topological polar surface area (TPSA) is 57.5 Å². The Morgan fingerprint density at radius 2 is 1.80 bits per heavy atom. The van der Waals surface area contributed by atoms with E-state index < -0.39 is 0 Å². The molecule has 1 atom stereocenters. The Labute approximate surface area is 89.4 Å². The normalized spacial score (nSPS) is 12.5. The molecule has 0 spiro atoms. The lowest BCUT2D eigenvalue weighted by molar-refractivity contribution is -0.120. The van der Waals surface area contributed by atoms with E-state index in [0.29, 0.717) is 12.0 Å². The molecule has 0 aliphatic heterocycles. The summed E-state index contributed by atoms with van der Waals surface area (Å²) in [6.07, 6.45) is 0.538. The number of ketones is 1. The number of carbonyl (C=O) groups is 1. The van der Waals surface area contributed by atoms with E-state index in [2.05, 4.69) is 0 Å². The molecule has 0 saturated heterocycles. The molecule has 3 heteroatoms. The number of aromatic hydroxyl groups is 2. The van der Waals surface area contributed by atoms with Gasteiger partial charge in [0.1, 0.15) is 17.3 Å². The Bertz CT molecular complexity index is 359. The first kappa shape index (κ1) is 11.6. The number of Topliss-reactive ketones (excluding diaryl/α,β-unsaturated/α-hetero) is 1. The molecule has 3 nitrogen and oxygen atoms in total. The van der Waals surface area contributed by atoms with Crippen LogP contribution in [0.5, 0.6) is 11.5 Å². The maximum Gasteiger partial charge on any atom is 0.132 e. The van der Waals surface area contributed by atoms with E-state index >= 15 is 0 Å². The van der Waals surface area contributed by atoms with E-state index in [4.69, 9.17) is 0 Å². The van der Waals surface area contributed by atoms with Crippen molar-refractivity contribution in [3.63, 3.8) is 0 Å². The molecule has 15 heavy (non-hydrogen) atoms. The highest BCUT2D eigenvalue weighted by Gasteiger charge is 2.11. The summed E-state index contributed by atoms with van der Waals surface area (Å²) in [5.74, 6) is 0.155. The molecule has 0 amide bonds. The second kappa shape index (κ2) is 4.34. The summed E-state index contributed by atoms with van der Waals surface area (Å²) in [6, 6.07) is 3.18. The molecular weight excluding hydrogens is 192 g/mol. The third-order valence-electron chi connectivity index (χ3n) is 2.65. The summed E-state index contributed by atoms with van der Waals surface area (Å²) in [5.41, 5.74) is 1.24. The fourth-order valence-corrected chi connectivity index (χ4v) is 1.36. The minimum atomic E-state index is -0.0912. The number of phenolic OH excluding ortho intramolecular Hbond substituents is 2. The van der Waals surface area contributed by atoms with Crippen LogP contribution in [0.2, 0.25) is 0 Å². The van der Waals surface area contributed by atoms with Gasteiger partial charge in [0.25, 0.3) is 0 Å². The quantitative estimate of drug-likeness (QED) is 0.800. The van der Waals surface area contributed by atoms with Gasteiger partial charge in [-0.3, -0.25) is 4.79 Å². The Kier molecular flexibility index (Phi) is 3.35. The zero-order valence-electron chi connectivity index (χ0n) is 9.24. The second-order valence-corrected chi connectivity index (χ2v) is 3.97. The van der Waals surface area contributed by atoms with Crippen molar-refractivity contribution in [1.82, 2.24) is 0 Å². The highest BCUT2D eigenvalue weighted by molar-refractivity contribution is 5.78. The first-order valence-electron chi connectivity index (χ1n) is 4.93. The lowest BCUT2D eigenvalue weighted by Gasteiger charge is -2.10. The molecule has 0 bridgehead atoms. The predicted octanol–water partition coefficient (Wildman–Crippen LogP) is 2.17. The Morgan fingerprint density at radius 1 is 1.33 bits per heavy atom. The predicted molar refractivity (Wildman–Crippen MR) is 58.1 cm³/mol. The van der Waals surface area contributed by atoms with Crippen molar-refractivity contribution in [2.24, 2.45) is 5.92 Å². The zero-order chi connectivity index (χ0) is 11.6. The number of phenols is 2. The summed E-state index contributed by atoms with van der Waals surface area (Å²) in [7, 11) is 0. The molecular formula is C12H16O3. The largest absolute Gasteiger partial charge is 0.508 e. The minimum Gasteiger partial charge on any atom is -0.508 e. The minimum absolute atomic E-state index is 0.0701. The Balaban J connectivity index is 2.92. The van der Waals surface area contributed by atoms with E-state index in [9.17, 15) is 15.0 Å². The number of hydrogen-bond acceptors (Lipinski definition) is 3. The van der Waals surface area contributed by atoms with Crippen molar-refractivity contribution in [2.45, 2.75) is 27.2 Å². The molecule has 0 aliphatic carbocycles. The van der Waals surface area contributed by atoms with Gasteiger partial charge in [-0.2, -0.15) is 0 Å². The summed E-state index contributed by atoms with van der Waals surface area (Å²) < 4.78 is 0. The third-order valence-corrected chi connectivity index (χ3v) is 2.65. The van der Waals surface area contributed by atoms with Crippen LogP contribution in [0.25, 0.3) is 0 Å². The maximum atomic E-state index is 11.1. The summed E-state index contributed by atoms with van der Waals surface area (Å²) in [4.78, 5) is 11.1. The standard InChI is InChI=1S/C12H16O3/c1-7(9(3)13)4-10-5-11(14)8(2)12(15)6-10/h5-7,14-15H,4H2,1-3H3. The van der Waals surface area contributed by atoms with E-state index in [1.807, 2.05) is 6.92 Å². The Hall–Kier alpha value is -1.51. The van der Waals surface area contributed by atoms with E-state index in [0.717, 1.165) is 5.56 Å². The molecule has 1 aromatic rings. The second-order valence-electron chi connectivity index (χ2n) is 3.97. The zero-order valence-corrected chi connectivity index (χ0v) is 9.24. The molecule has 0 heterocycles. The van der Waals surface area contributed by atoms with E-state index in [1.165, 1.54) is 0 Å². The van der Waals surface area contributed by atoms with Crippen LogP contribution in [0, 0.1) is 12.8 Å². The van der Waals surface area contributed by atoms with Crippen molar-refractivity contribution in [1.29, 1.82) is 0 Å². The number of rotatable bonds is 3. The average Bonchev–Trinajstić information content (AvgIpc) is 2.13. The summed E-state index contributed by atoms with van der Waals surface area (Å²) >= 11 is 0. The van der Waals surface area contributed by atoms with Crippen LogP contribution in [0.4, 0.5) is 0 Å². The third kappa shape index (κ3) is 2.72. The van der Waals surface area contributed by atoms with Crippen LogP contribution in [0.1, 0.15) is 25.0 Å². The highest BCUT2D eigenvalue weighted by atomic mass is 16.3. The van der Waals surface area contributed by atoms with Gasteiger partial charge in [0.2, 0.25) is 0 Å². The molecule has 0 saturated carbocycles. The molecule has 1 aromatic carbocycles. The summed E-state index contributed by atoms with van der Waals surface area (Å²) in [6.45, 7) is 5.01. The van der Waals surface area contributed by atoms with Gasteiger partial charge < -0.3 is 10.2 Å². The maximum absolute atomic E-state index is 11.1. The fraction of sp³-hybridized carbons (Fsp3) is 0.417. The van der Waals surface area contributed by atoms with Crippen molar-refractivity contribution in [2.75, 3.05) is 0 Å². The monoisotopic (exact) mass is 208 g/mol. The van der Waals surface area contributed by atoms with Crippen molar-refractivity contribution in [3.8, 4) is 11.5 Å². The first-order valence-corrected chi connectivity index (χ1v) is 4.93. The number of benzene rings is 1. The van der Waals surface area contributed by atoms with E-state index in [1.54, 1.807) is 26.0 Å². The van der Waals surface area contributed by atoms with Gasteiger partial charge in [0, 0.05) is 11.5 Å². The molecule has 1 rings (SSSR count). The molecule has 0 aliphatic rings. The van der Waals surface area contributed by atoms with E-state index in [-0.39, 0.29) is 23.2 Å². The van der Waals surface area contributed by atoms with Crippen LogP contribution in [-0.2, 0) is 11.2 Å². The molecule has 0 fully saturated rings. The smallest absolute Gasteiger partial charge is 0.132 e. The van der Waals surface area contributed by atoms with Crippen molar-refractivity contribution >= 4 is 5.78 Å². The van der Waals surface area contributed by atoms with Gasteiger partial charge in [-0.1, -0.05) is 6.92 Å². The van der Waals surface area contributed by atoms with Crippen molar-refractivity contribution < 1.29 is 15.0 Å². The summed E-state index contributed by atoms with van der Waals surface area (Å²) in [5, 5.41) is 19.0. The van der Waals surface area contributed by atoms with Crippen LogP contribution in [0.3, 0.4) is 0 Å². The van der Waals surface area contributed by atoms with Gasteiger partial charge in [-0.15, -0.1) is 0 Å².